The van der Waals surface area contributed by atoms with E-state index in [0.717, 1.165) is 59.6 Å². The first-order chi connectivity index (χ1) is 27.9. The molecule has 5 aromatic carbocycles. The molecule has 0 amide bonds. The fraction of sp³-hybridized carbons (Fsp3) is 0.353. The number of hydrogen-bond donors (Lipinski definition) is 0. The van der Waals surface area contributed by atoms with E-state index in [1.807, 2.05) is 89.2 Å². The Morgan fingerprint density at radius 3 is 1.52 bits per heavy atom. The normalized spacial score (nSPS) is 17.1. The zero-order valence-electron chi connectivity index (χ0n) is 34.5. The summed E-state index contributed by atoms with van der Waals surface area (Å²) in [4.78, 5) is 46.6. The molecule has 8 rings (SSSR count). The van der Waals surface area contributed by atoms with E-state index < -0.39 is 16.5 Å². The molecule has 0 radical (unpaired) electrons. The van der Waals surface area contributed by atoms with Crippen LogP contribution in [0.3, 0.4) is 0 Å². The maximum atomic E-state index is 14.2. The number of benzene rings is 5. The van der Waals surface area contributed by atoms with Crippen molar-refractivity contribution in [1.29, 1.82) is 0 Å². The summed E-state index contributed by atoms with van der Waals surface area (Å²) in [5.41, 5.74) is 8.60. The molecule has 2 heterocycles. The predicted molar refractivity (Wildman–Crippen MR) is 229 cm³/mol. The van der Waals surface area contributed by atoms with Gasteiger partial charge in [-0.1, -0.05) is 109 Å². The monoisotopic (exact) mass is 774 g/mol. The van der Waals surface area contributed by atoms with E-state index in [0.29, 0.717) is 61.5 Å². The number of hydrogen-bond acceptors (Lipinski definition) is 7. The Hall–Kier alpha value is -5.05. The maximum Gasteiger partial charge on any atom is 0.193 e. The van der Waals surface area contributed by atoms with Crippen LogP contribution in [-0.4, -0.2) is 90.8 Å². The quantitative estimate of drug-likeness (QED) is 0.118. The first-order valence-corrected chi connectivity index (χ1v) is 20.7. The number of aryl methyl sites for hydroxylation is 1. The first-order valence-electron chi connectivity index (χ1n) is 20.7. The highest BCUT2D eigenvalue weighted by Crippen LogP contribution is 2.53. The van der Waals surface area contributed by atoms with E-state index in [1.54, 1.807) is 0 Å². The lowest BCUT2D eigenvalue weighted by molar-refractivity contribution is -0.00442. The van der Waals surface area contributed by atoms with Crippen LogP contribution in [0.5, 0.6) is 0 Å². The second kappa shape index (κ2) is 16.0. The molecule has 0 N–H and O–H groups in total. The predicted octanol–water partition coefficient (Wildman–Crippen LogP) is 8.56. The number of rotatable bonds is 12. The number of fused-ring (bicyclic) bond motifs is 3. The Bertz CT molecular complexity index is 2240. The van der Waals surface area contributed by atoms with Crippen LogP contribution in [0.4, 0.5) is 0 Å². The van der Waals surface area contributed by atoms with Gasteiger partial charge in [0.1, 0.15) is 0 Å². The molecule has 0 unspecified atom stereocenters. The average molecular weight is 775 g/mol. The number of carbonyl (C=O) groups excluding carboxylic acids is 3. The minimum Gasteiger partial charge on any atom is -0.379 e. The standard InChI is InChI=1S/C51H54N2O5/c1-35-10-6-7-11-41(35)46(54)40-22-23-43-42-12-8-9-13-44(42)51(45(43)32-40,33-36-14-18-38(19-15-36)47(55)49(2,3)52-24-28-57-29-25-52)34-37-16-20-39(21-17-37)48(56)50(4,5)53-26-30-58-31-27-53/h6-23,32H,24-31,33-34H2,1-5H3. The molecule has 1 aliphatic carbocycles. The molecule has 2 fully saturated rings. The number of Topliss-reactive ketones (excluding diaryl/α,β-unsaturated/α-hetero) is 2. The molecule has 0 spiro atoms. The number of nitrogens with zero attached hydrogens (tertiary/aromatic N) is 2. The third-order valence-corrected chi connectivity index (χ3v) is 13.1. The summed E-state index contributed by atoms with van der Waals surface area (Å²) in [6, 6.07) is 38.9. The highest BCUT2D eigenvalue weighted by Gasteiger charge is 2.44. The molecule has 3 aliphatic rings. The lowest BCUT2D eigenvalue weighted by Crippen LogP contribution is -2.54. The Morgan fingerprint density at radius 2 is 1.00 bits per heavy atom. The molecule has 7 nitrogen and oxygen atoms in total. The van der Waals surface area contributed by atoms with Crippen molar-refractivity contribution >= 4 is 17.3 Å². The van der Waals surface area contributed by atoms with E-state index in [-0.39, 0.29) is 17.3 Å². The maximum absolute atomic E-state index is 14.2. The topological polar surface area (TPSA) is 76.2 Å². The van der Waals surface area contributed by atoms with Crippen molar-refractivity contribution in [3.8, 4) is 11.1 Å². The summed E-state index contributed by atoms with van der Waals surface area (Å²) in [7, 11) is 0. The van der Waals surface area contributed by atoms with Crippen molar-refractivity contribution in [2.75, 3.05) is 52.6 Å². The summed E-state index contributed by atoms with van der Waals surface area (Å²) in [5.74, 6) is 0.193. The van der Waals surface area contributed by atoms with Gasteiger partial charge in [-0.25, -0.2) is 0 Å². The van der Waals surface area contributed by atoms with Gasteiger partial charge in [-0.15, -0.1) is 0 Å². The highest BCUT2D eigenvalue weighted by molar-refractivity contribution is 6.10. The SMILES string of the molecule is Cc1ccccc1C(=O)c1ccc2c(c1)C(Cc1ccc(C(=O)C(C)(C)N3CCOCC3)cc1)(Cc1ccc(C(=O)C(C)(C)N3CCOCC3)cc1)c1ccccc1-2. The Morgan fingerprint density at radius 1 is 0.552 bits per heavy atom. The van der Waals surface area contributed by atoms with Crippen LogP contribution in [0.1, 0.15) is 92.1 Å². The van der Waals surface area contributed by atoms with Gasteiger partial charge >= 0.3 is 0 Å². The molecular weight excluding hydrogens is 721 g/mol. The Balaban J connectivity index is 1.18. The molecule has 0 atom stereocenters. The molecule has 298 valence electrons. The van der Waals surface area contributed by atoms with E-state index in [1.165, 1.54) is 5.56 Å². The van der Waals surface area contributed by atoms with Gasteiger partial charge < -0.3 is 9.47 Å². The molecule has 0 saturated carbocycles. The van der Waals surface area contributed by atoms with Crippen LogP contribution in [-0.2, 0) is 27.7 Å². The average Bonchev–Trinajstić information content (AvgIpc) is 3.52. The van der Waals surface area contributed by atoms with Crippen LogP contribution in [0, 0.1) is 6.92 Å². The van der Waals surface area contributed by atoms with Crippen LogP contribution in [0.25, 0.3) is 11.1 Å². The van der Waals surface area contributed by atoms with E-state index in [9.17, 15) is 14.4 Å². The van der Waals surface area contributed by atoms with Gasteiger partial charge in [0.2, 0.25) is 0 Å². The van der Waals surface area contributed by atoms with Gasteiger partial charge in [0.25, 0.3) is 0 Å². The lowest BCUT2D eigenvalue weighted by Gasteiger charge is -2.39. The molecule has 2 saturated heterocycles. The lowest BCUT2D eigenvalue weighted by atomic mass is 9.69. The van der Waals surface area contributed by atoms with Crippen molar-refractivity contribution in [2.45, 2.75) is 64.0 Å². The van der Waals surface area contributed by atoms with Gasteiger partial charge in [0.05, 0.1) is 37.5 Å². The number of carbonyl (C=O) groups is 3. The molecule has 0 aromatic heterocycles. The van der Waals surface area contributed by atoms with Gasteiger partial charge in [-0.3, -0.25) is 24.2 Å². The van der Waals surface area contributed by atoms with Crippen molar-refractivity contribution in [2.24, 2.45) is 0 Å². The molecule has 0 bridgehead atoms. The molecule has 7 heteroatoms. The minimum atomic E-state index is -0.652. The van der Waals surface area contributed by atoms with E-state index in [4.69, 9.17) is 9.47 Å². The summed E-state index contributed by atoms with van der Waals surface area (Å²) >= 11 is 0. The summed E-state index contributed by atoms with van der Waals surface area (Å²) in [6.45, 7) is 15.4. The fourth-order valence-corrected chi connectivity index (χ4v) is 9.51. The van der Waals surface area contributed by atoms with Crippen molar-refractivity contribution in [3.05, 3.63) is 165 Å². The van der Waals surface area contributed by atoms with Gasteiger partial charge in [0, 0.05) is 53.8 Å². The largest absolute Gasteiger partial charge is 0.379 e. The second-order valence-electron chi connectivity index (χ2n) is 17.3. The van der Waals surface area contributed by atoms with Gasteiger partial charge in [-0.05, 0) is 92.5 Å². The van der Waals surface area contributed by atoms with E-state index >= 15 is 0 Å². The van der Waals surface area contributed by atoms with Crippen molar-refractivity contribution < 1.29 is 23.9 Å². The zero-order valence-corrected chi connectivity index (χ0v) is 34.5. The number of morpholine rings is 2. The highest BCUT2D eigenvalue weighted by atomic mass is 16.5. The molecular formula is C51H54N2O5. The first kappa shape index (κ1) is 39.8. The fourth-order valence-electron chi connectivity index (χ4n) is 9.51. The summed E-state index contributed by atoms with van der Waals surface area (Å²) in [6.07, 6.45) is 1.29. The molecule has 58 heavy (non-hydrogen) atoms. The Kier molecular flexibility index (Phi) is 10.9. The van der Waals surface area contributed by atoms with Crippen LogP contribution >= 0.6 is 0 Å². The Labute approximate surface area is 343 Å². The number of ether oxygens (including phenoxy) is 2. The van der Waals surface area contributed by atoms with Crippen LogP contribution < -0.4 is 0 Å². The van der Waals surface area contributed by atoms with Crippen LogP contribution in [0.2, 0.25) is 0 Å². The third-order valence-electron chi connectivity index (χ3n) is 13.1. The van der Waals surface area contributed by atoms with Gasteiger partial charge in [-0.2, -0.15) is 0 Å². The smallest absolute Gasteiger partial charge is 0.193 e. The van der Waals surface area contributed by atoms with Gasteiger partial charge in [0.15, 0.2) is 17.3 Å². The zero-order chi connectivity index (χ0) is 40.7. The van der Waals surface area contributed by atoms with Crippen molar-refractivity contribution in [1.82, 2.24) is 9.80 Å². The molecule has 2 aliphatic heterocycles. The van der Waals surface area contributed by atoms with E-state index in [2.05, 4.69) is 70.5 Å². The summed E-state index contributed by atoms with van der Waals surface area (Å²) in [5, 5.41) is 0. The third kappa shape index (κ3) is 7.30. The summed E-state index contributed by atoms with van der Waals surface area (Å²) < 4.78 is 11.1. The minimum absolute atomic E-state index is 0.00209. The van der Waals surface area contributed by atoms with Crippen molar-refractivity contribution in [3.63, 3.8) is 0 Å². The molecule has 5 aromatic rings. The second-order valence-corrected chi connectivity index (χ2v) is 17.3. The van der Waals surface area contributed by atoms with Crippen LogP contribution in [0.15, 0.2) is 115 Å². The number of ketones is 3.